The van der Waals surface area contributed by atoms with Gasteiger partial charge in [0, 0.05) is 97.2 Å². The molecule has 1 N–H and O–H groups in total. The first-order chi connectivity index (χ1) is 20.7. The molecule has 12 nitrogen and oxygen atoms in total. The van der Waals surface area contributed by atoms with Crippen LogP contribution >= 0.6 is 0 Å². The van der Waals surface area contributed by atoms with Crippen molar-refractivity contribution in [3.63, 3.8) is 0 Å². The number of hydrogen-bond donors (Lipinski definition) is 1. The van der Waals surface area contributed by atoms with Crippen molar-refractivity contribution in [1.29, 1.82) is 0 Å². The van der Waals surface area contributed by atoms with E-state index in [1.807, 2.05) is 67.2 Å². The fraction of sp³-hybridized carbons (Fsp3) is 0.964. The van der Waals surface area contributed by atoms with Crippen LogP contribution in [-0.4, -0.2) is 116 Å². The highest BCUT2D eigenvalue weighted by Gasteiger charge is 2.42. The van der Waals surface area contributed by atoms with Crippen molar-refractivity contribution in [3.05, 3.63) is 0 Å². The van der Waals surface area contributed by atoms with Gasteiger partial charge in [0.05, 0.1) is 0 Å². The van der Waals surface area contributed by atoms with Gasteiger partial charge < -0.3 is 50.1 Å². The Balaban J connectivity index is 5.54. The van der Waals surface area contributed by atoms with Gasteiger partial charge in [-0.1, -0.05) is 0 Å². The van der Waals surface area contributed by atoms with E-state index in [0.717, 1.165) is 0 Å². The van der Waals surface area contributed by atoms with E-state index >= 15 is 0 Å². The molecule has 0 aliphatic heterocycles. The van der Waals surface area contributed by atoms with Crippen LogP contribution in [0.2, 0.25) is 18.1 Å². The van der Waals surface area contributed by atoms with Crippen LogP contribution in [0.5, 0.6) is 0 Å². The zero-order valence-corrected chi connectivity index (χ0v) is 31.8. The van der Waals surface area contributed by atoms with Crippen LogP contribution in [0.3, 0.4) is 0 Å². The van der Waals surface area contributed by atoms with Gasteiger partial charge in [-0.2, -0.15) is 0 Å². The van der Waals surface area contributed by atoms with Crippen molar-refractivity contribution < 1.29 is 44.6 Å². The summed E-state index contributed by atoms with van der Waals surface area (Å²) in [6, 6.07) is 1.78. The second-order valence-electron chi connectivity index (χ2n) is 9.48. The Bertz CT molecular complexity index is 602. The van der Waals surface area contributed by atoms with E-state index in [9.17, 15) is 4.79 Å². The first-order valence-corrected chi connectivity index (χ1v) is 22.3. The summed E-state index contributed by atoms with van der Waals surface area (Å²) >= 11 is 0. The molecule has 0 aliphatic rings. The van der Waals surface area contributed by atoms with Crippen molar-refractivity contribution in [2.45, 2.75) is 99.7 Å². The highest BCUT2D eigenvalue weighted by atomic mass is 28.4. The molecular formula is C28H64N2O10Si3. The average Bonchev–Trinajstić information content (AvgIpc) is 2.96. The Morgan fingerprint density at radius 2 is 0.721 bits per heavy atom. The highest BCUT2D eigenvalue weighted by molar-refractivity contribution is 6.61. The molecule has 0 rings (SSSR count). The van der Waals surface area contributed by atoms with Gasteiger partial charge >= 0.3 is 32.4 Å². The normalized spacial score (nSPS) is 12.6. The van der Waals surface area contributed by atoms with Gasteiger partial charge in [0.25, 0.3) is 0 Å². The Hall–Kier alpha value is -0.439. The fourth-order valence-electron chi connectivity index (χ4n) is 4.90. The van der Waals surface area contributed by atoms with Crippen molar-refractivity contribution in [1.82, 2.24) is 10.2 Å². The van der Waals surface area contributed by atoms with Gasteiger partial charge in [-0.3, -0.25) is 0 Å². The largest absolute Gasteiger partial charge is 0.500 e. The fourth-order valence-corrected chi connectivity index (χ4v) is 12.7. The zero-order chi connectivity index (χ0) is 32.5. The van der Waals surface area contributed by atoms with Gasteiger partial charge in [-0.05, 0) is 81.6 Å². The molecule has 0 radical (unpaired) electrons. The Labute approximate surface area is 265 Å². The molecular weight excluding hydrogens is 609 g/mol. The van der Waals surface area contributed by atoms with Crippen LogP contribution < -0.4 is 5.32 Å². The number of carbonyl (C=O) groups excluding carboxylic acids is 1. The van der Waals surface area contributed by atoms with Crippen molar-refractivity contribution in [3.8, 4) is 0 Å². The minimum absolute atomic E-state index is 0.121. The van der Waals surface area contributed by atoms with Crippen molar-refractivity contribution in [2.24, 2.45) is 0 Å². The molecule has 0 aromatic carbocycles. The summed E-state index contributed by atoms with van der Waals surface area (Å²) in [4.78, 5) is 15.3. The number of nitrogens with one attached hydrogen (secondary N) is 1. The minimum atomic E-state index is -2.82. The predicted octanol–water partition coefficient (Wildman–Crippen LogP) is 5.31. The van der Waals surface area contributed by atoms with Crippen LogP contribution in [0.4, 0.5) is 4.79 Å². The van der Waals surface area contributed by atoms with Crippen LogP contribution in [-0.2, 0) is 39.8 Å². The molecule has 2 amide bonds. The monoisotopic (exact) mass is 672 g/mol. The number of rotatable bonds is 30. The summed E-state index contributed by atoms with van der Waals surface area (Å²) in [6.07, 6.45) is 2.08. The maximum atomic E-state index is 13.5. The summed E-state index contributed by atoms with van der Waals surface area (Å²) < 4.78 is 54.1. The summed E-state index contributed by atoms with van der Waals surface area (Å²) in [6.45, 7) is 23.8. The third-order valence-corrected chi connectivity index (χ3v) is 15.8. The lowest BCUT2D eigenvalue weighted by atomic mass is 10.3. The van der Waals surface area contributed by atoms with E-state index < -0.39 is 26.4 Å². The molecule has 0 bridgehead atoms. The van der Waals surface area contributed by atoms with E-state index in [4.69, 9.17) is 39.8 Å². The molecule has 258 valence electrons. The number of carbonyl (C=O) groups is 1. The summed E-state index contributed by atoms with van der Waals surface area (Å²) in [5.74, 6) is 0. The summed E-state index contributed by atoms with van der Waals surface area (Å²) in [5, 5.41) is 3.11. The molecule has 43 heavy (non-hydrogen) atoms. The van der Waals surface area contributed by atoms with Crippen LogP contribution in [0.1, 0.15) is 81.6 Å². The lowest BCUT2D eigenvalue weighted by Gasteiger charge is -2.31. The summed E-state index contributed by atoms with van der Waals surface area (Å²) in [7, 11) is -8.40. The summed E-state index contributed by atoms with van der Waals surface area (Å²) in [5.41, 5.74) is 0. The van der Waals surface area contributed by atoms with E-state index in [-0.39, 0.29) is 6.03 Å². The zero-order valence-electron chi connectivity index (χ0n) is 28.8. The van der Waals surface area contributed by atoms with Crippen molar-refractivity contribution in [2.75, 3.05) is 79.1 Å². The van der Waals surface area contributed by atoms with E-state index in [1.165, 1.54) is 0 Å². The molecule has 0 atom stereocenters. The highest BCUT2D eigenvalue weighted by Crippen LogP contribution is 2.21. The molecule has 0 aromatic heterocycles. The minimum Gasteiger partial charge on any atom is -0.374 e. The lowest BCUT2D eigenvalue weighted by Crippen LogP contribution is -2.48. The maximum Gasteiger partial charge on any atom is 0.500 e. The molecule has 0 saturated heterocycles. The molecule has 0 saturated carbocycles. The number of urea groups is 1. The second-order valence-corrected chi connectivity index (χ2v) is 17.7. The van der Waals surface area contributed by atoms with Gasteiger partial charge in [0.15, 0.2) is 0 Å². The molecule has 15 heteroatoms. The van der Waals surface area contributed by atoms with Gasteiger partial charge in [0.2, 0.25) is 0 Å². The first-order valence-electron chi connectivity index (χ1n) is 16.5. The molecule has 0 heterocycles. The number of amides is 2. The molecule has 0 unspecified atom stereocenters. The smallest absolute Gasteiger partial charge is 0.374 e. The third kappa shape index (κ3) is 17.2. The van der Waals surface area contributed by atoms with E-state index in [0.29, 0.717) is 116 Å². The Kier molecular flexibility index (Phi) is 25.5. The lowest BCUT2D eigenvalue weighted by molar-refractivity contribution is 0.0693. The Morgan fingerprint density at radius 1 is 0.465 bits per heavy atom. The number of hydrogen-bond acceptors (Lipinski definition) is 10. The van der Waals surface area contributed by atoms with Gasteiger partial charge in [-0.25, -0.2) is 4.79 Å². The number of nitrogens with zero attached hydrogens (tertiary/aromatic N) is 1. The van der Waals surface area contributed by atoms with Gasteiger partial charge in [-0.15, -0.1) is 0 Å². The Morgan fingerprint density at radius 3 is 0.977 bits per heavy atom. The van der Waals surface area contributed by atoms with Crippen LogP contribution in [0.25, 0.3) is 0 Å². The quantitative estimate of drug-likeness (QED) is 0.0795. The molecule has 0 aromatic rings. The van der Waals surface area contributed by atoms with Gasteiger partial charge in [0.1, 0.15) is 0 Å². The molecule has 0 fully saturated rings. The second kappa shape index (κ2) is 25.7. The first kappa shape index (κ1) is 42.6. The average molecular weight is 673 g/mol. The SMILES string of the molecule is CCO[Si](CCCNC(=O)N(CCC[Si](OCC)(OCC)OCC)CCC[Si](OCC)(OCC)OCC)(OCC)OCC. The van der Waals surface area contributed by atoms with Crippen LogP contribution in [0, 0.1) is 0 Å². The topological polar surface area (TPSA) is 115 Å². The van der Waals surface area contributed by atoms with Crippen molar-refractivity contribution >= 4 is 32.4 Å². The molecule has 0 aliphatic carbocycles. The standard InChI is InChI=1S/C28H64N2O10Si3/c1-10-32-41(33-11-2,34-12-3)25-19-22-29-28(31)30(23-20-26-42(35-13-4,36-14-5)37-15-6)24-21-27-43(38-16-7,39-17-8)40-18-9/h10-27H2,1-9H3,(H,29,31). The maximum absolute atomic E-state index is 13.5. The third-order valence-electron chi connectivity index (χ3n) is 6.32. The molecule has 0 spiro atoms. The van der Waals surface area contributed by atoms with Crippen LogP contribution in [0.15, 0.2) is 0 Å². The van der Waals surface area contributed by atoms with E-state index in [2.05, 4.69) is 5.32 Å². The predicted molar refractivity (Wildman–Crippen MR) is 175 cm³/mol. The van der Waals surface area contributed by atoms with E-state index in [1.54, 1.807) is 0 Å².